The first-order chi connectivity index (χ1) is 10.3. The smallest absolute Gasteiger partial charge is 0.120 e. The molecule has 2 aromatic carbocycles. The summed E-state index contributed by atoms with van der Waals surface area (Å²) in [6.07, 6.45) is 0. The van der Waals surface area contributed by atoms with Gasteiger partial charge in [0, 0.05) is 6.54 Å². The molecular formula is C18H23NO2. The third-order valence-electron chi connectivity index (χ3n) is 3.14. The van der Waals surface area contributed by atoms with Gasteiger partial charge >= 0.3 is 0 Å². The van der Waals surface area contributed by atoms with E-state index in [9.17, 15) is 0 Å². The van der Waals surface area contributed by atoms with Gasteiger partial charge < -0.3 is 14.8 Å². The van der Waals surface area contributed by atoms with E-state index in [1.54, 1.807) is 0 Å². The Kier molecular flexibility index (Phi) is 6.10. The van der Waals surface area contributed by atoms with E-state index >= 15 is 0 Å². The Morgan fingerprint density at radius 1 is 0.762 bits per heavy atom. The van der Waals surface area contributed by atoms with Crippen LogP contribution in [-0.2, 0) is 13.2 Å². The Labute approximate surface area is 126 Å². The van der Waals surface area contributed by atoms with Crippen LogP contribution in [0, 0.1) is 0 Å². The van der Waals surface area contributed by atoms with Crippen molar-refractivity contribution < 1.29 is 9.47 Å². The molecule has 0 bridgehead atoms. The highest BCUT2D eigenvalue weighted by Gasteiger charge is 1.98. The molecule has 3 heteroatoms. The highest BCUT2D eigenvalue weighted by molar-refractivity contribution is 5.31. The number of benzene rings is 2. The Balaban J connectivity index is 1.84. The van der Waals surface area contributed by atoms with Gasteiger partial charge in [0.15, 0.2) is 0 Å². The molecule has 0 radical (unpaired) electrons. The summed E-state index contributed by atoms with van der Waals surface area (Å²) >= 11 is 0. The van der Waals surface area contributed by atoms with Crippen LogP contribution >= 0.6 is 0 Å². The molecule has 1 N–H and O–H groups in total. The standard InChI is InChI=1S/C18H23NO2/c1-3-19-13-15-5-7-16(8-6-15)14-21-18-11-9-17(10-12-18)20-4-2/h5-12,19H,3-4,13-14H2,1-2H3. The zero-order valence-corrected chi connectivity index (χ0v) is 12.8. The van der Waals surface area contributed by atoms with E-state index in [0.29, 0.717) is 13.2 Å². The van der Waals surface area contributed by atoms with Crippen molar-refractivity contribution in [2.45, 2.75) is 27.0 Å². The van der Waals surface area contributed by atoms with E-state index in [4.69, 9.17) is 9.47 Å². The van der Waals surface area contributed by atoms with E-state index in [1.165, 1.54) is 11.1 Å². The summed E-state index contributed by atoms with van der Waals surface area (Å²) in [6, 6.07) is 16.2. The van der Waals surface area contributed by atoms with Gasteiger partial charge in [-0.2, -0.15) is 0 Å². The predicted molar refractivity (Wildman–Crippen MR) is 85.8 cm³/mol. The molecule has 21 heavy (non-hydrogen) atoms. The van der Waals surface area contributed by atoms with Crippen molar-refractivity contribution in [2.24, 2.45) is 0 Å². The quantitative estimate of drug-likeness (QED) is 0.801. The van der Waals surface area contributed by atoms with Crippen LogP contribution in [0.15, 0.2) is 48.5 Å². The molecular weight excluding hydrogens is 262 g/mol. The number of hydrogen-bond acceptors (Lipinski definition) is 3. The van der Waals surface area contributed by atoms with Crippen LogP contribution in [0.25, 0.3) is 0 Å². The third kappa shape index (κ3) is 5.12. The summed E-state index contributed by atoms with van der Waals surface area (Å²) in [5.41, 5.74) is 2.46. The number of ether oxygens (including phenoxy) is 2. The van der Waals surface area contributed by atoms with Crippen molar-refractivity contribution in [3.63, 3.8) is 0 Å². The largest absolute Gasteiger partial charge is 0.494 e. The fourth-order valence-corrected chi connectivity index (χ4v) is 1.99. The highest BCUT2D eigenvalue weighted by Crippen LogP contribution is 2.18. The minimum atomic E-state index is 0.579. The zero-order chi connectivity index (χ0) is 14.9. The lowest BCUT2D eigenvalue weighted by Crippen LogP contribution is -2.11. The molecule has 2 aromatic rings. The van der Waals surface area contributed by atoms with Gasteiger partial charge in [0.25, 0.3) is 0 Å². The number of nitrogens with one attached hydrogen (secondary N) is 1. The predicted octanol–water partition coefficient (Wildman–Crippen LogP) is 3.77. The van der Waals surface area contributed by atoms with Gasteiger partial charge in [-0.3, -0.25) is 0 Å². The highest BCUT2D eigenvalue weighted by atomic mass is 16.5. The van der Waals surface area contributed by atoms with Crippen LogP contribution < -0.4 is 14.8 Å². The Bertz CT molecular complexity index is 520. The van der Waals surface area contributed by atoms with E-state index in [0.717, 1.165) is 24.6 Å². The lowest BCUT2D eigenvalue weighted by atomic mass is 10.1. The van der Waals surface area contributed by atoms with Crippen LogP contribution in [0.3, 0.4) is 0 Å². The second-order valence-electron chi connectivity index (χ2n) is 4.79. The molecule has 0 aliphatic heterocycles. The SMILES string of the molecule is CCNCc1ccc(COc2ccc(OCC)cc2)cc1. The lowest BCUT2D eigenvalue weighted by molar-refractivity contribution is 0.304. The maximum absolute atomic E-state index is 5.78. The average molecular weight is 285 g/mol. The second kappa shape index (κ2) is 8.32. The van der Waals surface area contributed by atoms with Crippen molar-refractivity contribution in [1.29, 1.82) is 0 Å². The van der Waals surface area contributed by atoms with E-state index in [1.807, 2.05) is 31.2 Å². The lowest BCUT2D eigenvalue weighted by Gasteiger charge is -2.08. The van der Waals surface area contributed by atoms with Gasteiger partial charge in [-0.05, 0) is 48.9 Å². The van der Waals surface area contributed by atoms with Gasteiger partial charge in [0.1, 0.15) is 18.1 Å². The minimum absolute atomic E-state index is 0.579. The molecule has 0 heterocycles. The van der Waals surface area contributed by atoms with Crippen LogP contribution in [0.1, 0.15) is 25.0 Å². The number of hydrogen-bond donors (Lipinski definition) is 1. The number of rotatable bonds is 8. The van der Waals surface area contributed by atoms with Gasteiger partial charge in [-0.1, -0.05) is 31.2 Å². The summed E-state index contributed by atoms with van der Waals surface area (Å²) in [7, 11) is 0. The Hall–Kier alpha value is -2.00. The Morgan fingerprint density at radius 3 is 1.90 bits per heavy atom. The van der Waals surface area contributed by atoms with Crippen LogP contribution in [-0.4, -0.2) is 13.2 Å². The minimum Gasteiger partial charge on any atom is -0.494 e. The molecule has 0 spiro atoms. The maximum Gasteiger partial charge on any atom is 0.120 e. The van der Waals surface area contributed by atoms with Crippen LogP contribution in [0.5, 0.6) is 11.5 Å². The molecule has 2 rings (SSSR count). The van der Waals surface area contributed by atoms with Crippen LogP contribution in [0.2, 0.25) is 0 Å². The summed E-state index contributed by atoms with van der Waals surface area (Å²) in [4.78, 5) is 0. The molecule has 0 aliphatic rings. The zero-order valence-electron chi connectivity index (χ0n) is 12.8. The molecule has 112 valence electrons. The normalized spacial score (nSPS) is 10.4. The fourth-order valence-electron chi connectivity index (χ4n) is 1.99. The second-order valence-corrected chi connectivity index (χ2v) is 4.79. The summed E-state index contributed by atoms with van der Waals surface area (Å²) in [5, 5.41) is 3.31. The van der Waals surface area contributed by atoms with Crippen molar-refractivity contribution in [1.82, 2.24) is 5.32 Å². The van der Waals surface area contributed by atoms with Gasteiger partial charge in [0.05, 0.1) is 6.61 Å². The van der Waals surface area contributed by atoms with Crippen molar-refractivity contribution in [3.05, 3.63) is 59.7 Å². The first-order valence-corrected chi connectivity index (χ1v) is 7.46. The first-order valence-electron chi connectivity index (χ1n) is 7.46. The van der Waals surface area contributed by atoms with Crippen LogP contribution in [0.4, 0.5) is 0 Å². The molecule has 0 aliphatic carbocycles. The van der Waals surface area contributed by atoms with Gasteiger partial charge in [-0.25, -0.2) is 0 Å². The summed E-state index contributed by atoms with van der Waals surface area (Å²) in [6.45, 7) is 7.25. The average Bonchev–Trinajstić information content (AvgIpc) is 2.53. The van der Waals surface area contributed by atoms with E-state index < -0.39 is 0 Å². The summed E-state index contributed by atoms with van der Waals surface area (Å²) < 4.78 is 11.2. The monoisotopic (exact) mass is 285 g/mol. The molecule has 3 nitrogen and oxygen atoms in total. The summed E-state index contributed by atoms with van der Waals surface area (Å²) in [5.74, 6) is 1.73. The van der Waals surface area contributed by atoms with Gasteiger partial charge in [-0.15, -0.1) is 0 Å². The molecule has 0 fully saturated rings. The maximum atomic E-state index is 5.78. The van der Waals surface area contributed by atoms with Gasteiger partial charge in [0.2, 0.25) is 0 Å². The molecule has 0 unspecified atom stereocenters. The van der Waals surface area contributed by atoms with Crippen molar-refractivity contribution in [3.8, 4) is 11.5 Å². The first kappa shape index (κ1) is 15.4. The Morgan fingerprint density at radius 2 is 1.33 bits per heavy atom. The molecule has 0 aromatic heterocycles. The molecule has 0 amide bonds. The molecule has 0 saturated heterocycles. The van der Waals surface area contributed by atoms with Crippen molar-refractivity contribution in [2.75, 3.05) is 13.2 Å². The van der Waals surface area contributed by atoms with Crippen molar-refractivity contribution >= 4 is 0 Å². The third-order valence-corrected chi connectivity index (χ3v) is 3.14. The van der Waals surface area contributed by atoms with E-state index in [2.05, 4.69) is 36.5 Å². The molecule has 0 saturated carbocycles. The fraction of sp³-hybridized carbons (Fsp3) is 0.333. The topological polar surface area (TPSA) is 30.5 Å². The van der Waals surface area contributed by atoms with E-state index in [-0.39, 0.29) is 0 Å². The molecule has 0 atom stereocenters.